The topological polar surface area (TPSA) is 47.0 Å². The maximum Gasteiger partial charge on any atom is 0.0667 e. The van der Waals surface area contributed by atoms with E-state index < -0.39 is 0 Å². The molecule has 56 valence electrons. The molecule has 0 amide bonds. The Morgan fingerprint density at radius 1 is 1.80 bits per heavy atom. The quantitative estimate of drug-likeness (QED) is 0.515. The van der Waals surface area contributed by atoms with E-state index in [1.165, 1.54) is 11.5 Å². The van der Waals surface area contributed by atoms with Crippen LogP contribution < -0.4 is 5.48 Å². The standard InChI is InChI=1S/C5H9N3OS/c1-2-9-7-4-5-3-6-8-10-5/h3,7H,2,4H2,1H3. The lowest BCUT2D eigenvalue weighted by molar-refractivity contribution is 0.0469. The summed E-state index contributed by atoms with van der Waals surface area (Å²) in [5.41, 5.74) is 2.77. The van der Waals surface area contributed by atoms with Gasteiger partial charge in [-0.25, -0.2) is 0 Å². The maximum atomic E-state index is 4.91. The minimum absolute atomic E-state index is 0.673. The average Bonchev–Trinajstić information content (AvgIpc) is 2.41. The van der Waals surface area contributed by atoms with E-state index in [4.69, 9.17) is 4.84 Å². The number of hydrogen-bond donors (Lipinski definition) is 1. The fourth-order valence-corrected chi connectivity index (χ4v) is 0.907. The van der Waals surface area contributed by atoms with Crippen LogP contribution in [0.5, 0.6) is 0 Å². The summed E-state index contributed by atoms with van der Waals surface area (Å²) in [5, 5.41) is 3.67. The van der Waals surface area contributed by atoms with E-state index in [0.29, 0.717) is 13.2 Å². The summed E-state index contributed by atoms with van der Waals surface area (Å²) >= 11 is 1.37. The van der Waals surface area contributed by atoms with Crippen LogP contribution in [0.4, 0.5) is 0 Å². The van der Waals surface area contributed by atoms with E-state index in [0.717, 1.165) is 4.88 Å². The SMILES string of the molecule is CCONCc1cnns1. The van der Waals surface area contributed by atoms with Gasteiger partial charge in [0.25, 0.3) is 0 Å². The molecule has 0 fully saturated rings. The second-order valence-electron chi connectivity index (χ2n) is 1.64. The van der Waals surface area contributed by atoms with Gasteiger partial charge in [-0.1, -0.05) is 4.49 Å². The fourth-order valence-electron chi connectivity index (χ4n) is 0.490. The summed E-state index contributed by atoms with van der Waals surface area (Å²) in [6.07, 6.45) is 1.72. The highest BCUT2D eigenvalue weighted by atomic mass is 32.1. The van der Waals surface area contributed by atoms with Crippen molar-refractivity contribution in [2.75, 3.05) is 6.61 Å². The van der Waals surface area contributed by atoms with E-state index in [-0.39, 0.29) is 0 Å². The van der Waals surface area contributed by atoms with Crippen molar-refractivity contribution in [2.24, 2.45) is 0 Å². The average molecular weight is 159 g/mol. The lowest BCUT2D eigenvalue weighted by atomic mass is 10.6. The molecule has 0 spiro atoms. The molecule has 0 atom stereocenters. The van der Waals surface area contributed by atoms with Gasteiger partial charge in [0.15, 0.2) is 0 Å². The summed E-state index contributed by atoms with van der Waals surface area (Å²) in [5.74, 6) is 0. The lowest BCUT2D eigenvalue weighted by Gasteiger charge is -1.98. The van der Waals surface area contributed by atoms with Crippen LogP contribution in [0.15, 0.2) is 6.20 Å². The molecule has 0 bridgehead atoms. The Kier molecular flexibility index (Phi) is 3.28. The third-order valence-electron chi connectivity index (χ3n) is 0.900. The number of aromatic nitrogens is 2. The lowest BCUT2D eigenvalue weighted by Crippen LogP contribution is -2.12. The summed E-state index contributed by atoms with van der Waals surface area (Å²) in [6.45, 7) is 3.29. The van der Waals surface area contributed by atoms with E-state index in [2.05, 4.69) is 15.1 Å². The highest BCUT2D eigenvalue weighted by Crippen LogP contribution is 1.99. The Morgan fingerprint density at radius 3 is 3.30 bits per heavy atom. The van der Waals surface area contributed by atoms with Gasteiger partial charge in [0.2, 0.25) is 0 Å². The van der Waals surface area contributed by atoms with Crippen molar-refractivity contribution in [3.8, 4) is 0 Å². The molecule has 0 aliphatic heterocycles. The predicted octanol–water partition coefficient (Wildman–Crippen LogP) is 0.579. The van der Waals surface area contributed by atoms with Crippen LogP contribution in [-0.2, 0) is 11.4 Å². The van der Waals surface area contributed by atoms with E-state index >= 15 is 0 Å². The van der Waals surface area contributed by atoms with Crippen molar-refractivity contribution < 1.29 is 4.84 Å². The summed E-state index contributed by atoms with van der Waals surface area (Å²) in [7, 11) is 0. The van der Waals surface area contributed by atoms with Crippen LogP contribution in [0.2, 0.25) is 0 Å². The number of nitrogens with zero attached hydrogens (tertiary/aromatic N) is 2. The Labute approximate surface area is 63.3 Å². The molecule has 0 aromatic carbocycles. The largest absolute Gasteiger partial charge is 0.302 e. The first kappa shape index (κ1) is 7.59. The molecule has 10 heavy (non-hydrogen) atoms. The molecule has 0 unspecified atom stereocenters. The van der Waals surface area contributed by atoms with Gasteiger partial charge in [-0.3, -0.25) is 0 Å². The number of hydrogen-bond acceptors (Lipinski definition) is 5. The van der Waals surface area contributed by atoms with Crippen LogP contribution in [0.1, 0.15) is 11.8 Å². The third kappa shape index (κ3) is 2.38. The molecule has 1 heterocycles. The first-order valence-corrected chi connectivity index (χ1v) is 3.81. The number of nitrogens with one attached hydrogen (secondary N) is 1. The Balaban J connectivity index is 2.15. The second-order valence-corrected chi connectivity index (χ2v) is 2.51. The number of rotatable bonds is 4. The van der Waals surface area contributed by atoms with Crippen molar-refractivity contribution in [2.45, 2.75) is 13.5 Å². The van der Waals surface area contributed by atoms with Crippen LogP contribution in [0.3, 0.4) is 0 Å². The predicted molar refractivity (Wildman–Crippen MR) is 38.4 cm³/mol. The van der Waals surface area contributed by atoms with Gasteiger partial charge in [-0.15, -0.1) is 5.10 Å². The van der Waals surface area contributed by atoms with Gasteiger partial charge in [0.1, 0.15) is 0 Å². The molecule has 0 radical (unpaired) electrons. The van der Waals surface area contributed by atoms with Crippen LogP contribution in [-0.4, -0.2) is 16.2 Å². The molecule has 1 aromatic rings. The zero-order chi connectivity index (χ0) is 7.23. The van der Waals surface area contributed by atoms with Gasteiger partial charge >= 0.3 is 0 Å². The first-order chi connectivity index (χ1) is 4.93. The van der Waals surface area contributed by atoms with E-state index in [1.54, 1.807) is 6.20 Å². The molecule has 0 saturated carbocycles. The molecule has 0 aliphatic rings. The monoisotopic (exact) mass is 159 g/mol. The zero-order valence-corrected chi connectivity index (χ0v) is 6.52. The van der Waals surface area contributed by atoms with E-state index in [1.807, 2.05) is 6.92 Å². The number of hydroxylamine groups is 1. The molecule has 1 N–H and O–H groups in total. The van der Waals surface area contributed by atoms with Gasteiger partial charge in [0.05, 0.1) is 24.2 Å². The molecule has 0 aliphatic carbocycles. The molecular formula is C5H9N3OS. The van der Waals surface area contributed by atoms with Crippen molar-refractivity contribution in [3.05, 3.63) is 11.1 Å². The third-order valence-corrected chi connectivity index (χ3v) is 1.56. The summed E-state index contributed by atoms with van der Waals surface area (Å²) in [6, 6.07) is 0. The second kappa shape index (κ2) is 4.32. The van der Waals surface area contributed by atoms with Crippen molar-refractivity contribution in [1.29, 1.82) is 0 Å². The van der Waals surface area contributed by atoms with Gasteiger partial charge in [0, 0.05) is 0 Å². The Morgan fingerprint density at radius 2 is 2.70 bits per heavy atom. The highest BCUT2D eigenvalue weighted by molar-refractivity contribution is 7.05. The summed E-state index contributed by atoms with van der Waals surface area (Å²) < 4.78 is 3.70. The zero-order valence-electron chi connectivity index (χ0n) is 5.70. The molecule has 1 rings (SSSR count). The fraction of sp³-hybridized carbons (Fsp3) is 0.600. The minimum Gasteiger partial charge on any atom is -0.302 e. The highest BCUT2D eigenvalue weighted by Gasteiger charge is 1.92. The normalized spacial score (nSPS) is 10.1. The molecule has 1 aromatic heterocycles. The van der Waals surface area contributed by atoms with Crippen LogP contribution >= 0.6 is 11.5 Å². The Hall–Kier alpha value is -0.520. The van der Waals surface area contributed by atoms with Gasteiger partial charge in [-0.05, 0) is 18.5 Å². The van der Waals surface area contributed by atoms with Crippen molar-refractivity contribution >= 4 is 11.5 Å². The molecular weight excluding hydrogens is 150 g/mol. The van der Waals surface area contributed by atoms with Crippen LogP contribution in [0.25, 0.3) is 0 Å². The first-order valence-electron chi connectivity index (χ1n) is 3.04. The smallest absolute Gasteiger partial charge is 0.0667 e. The maximum absolute atomic E-state index is 4.91. The van der Waals surface area contributed by atoms with Gasteiger partial charge < -0.3 is 4.84 Å². The van der Waals surface area contributed by atoms with Crippen LogP contribution in [0, 0.1) is 0 Å². The molecule has 4 nitrogen and oxygen atoms in total. The summed E-state index contributed by atoms with van der Waals surface area (Å²) in [4.78, 5) is 5.99. The van der Waals surface area contributed by atoms with Crippen molar-refractivity contribution in [3.63, 3.8) is 0 Å². The van der Waals surface area contributed by atoms with Gasteiger partial charge in [-0.2, -0.15) is 5.48 Å². The molecule has 0 saturated heterocycles. The van der Waals surface area contributed by atoms with E-state index in [9.17, 15) is 0 Å². The Bertz CT molecular complexity index is 165. The minimum atomic E-state index is 0.673. The van der Waals surface area contributed by atoms with Crippen molar-refractivity contribution in [1.82, 2.24) is 15.1 Å². The molecule has 5 heteroatoms.